The van der Waals surface area contributed by atoms with Gasteiger partial charge in [0, 0.05) is 19.1 Å². The van der Waals surface area contributed by atoms with Gasteiger partial charge in [0.25, 0.3) is 0 Å². The van der Waals surface area contributed by atoms with Gasteiger partial charge < -0.3 is 9.64 Å². The van der Waals surface area contributed by atoms with Gasteiger partial charge in [-0.3, -0.25) is 0 Å². The van der Waals surface area contributed by atoms with Crippen LogP contribution in [0.3, 0.4) is 0 Å². The van der Waals surface area contributed by atoms with E-state index in [4.69, 9.17) is 4.74 Å². The summed E-state index contributed by atoms with van der Waals surface area (Å²) in [5.74, 6) is 0.917. The van der Waals surface area contributed by atoms with Crippen LogP contribution >= 0.6 is 0 Å². The Kier molecular flexibility index (Phi) is 4.18. The average Bonchev–Trinajstić information content (AvgIpc) is 2.90. The van der Waals surface area contributed by atoms with Crippen LogP contribution in [0.25, 0.3) is 0 Å². The van der Waals surface area contributed by atoms with Crippen molar-refractivity contribution in [2.24, 2.45) is 5.92 Å². The number of likely N-dealkylation sites (N-methyl/N-ethyl adjacent to an activating group) is 1. The molecule has 2 fully saturated rings. The summed E-state index contributed by atoms with van der Waals surface area (Å²) in [5.41, 5.74) is 0.927. The maximum absolute atomic E-state index is 13.2. The van der Waals surface area contributed by atoms with Gasteiger partial charge in [-0.1, -0.05) is 6.07 Å². The SMILES string of the molecule is COc1ccc(C)cc1S(=O)(=O)N1CC[C@@H]2CCN(C)C[C@H]21. The summed E-state index contributed by atoms with van der Waals surface area (Å²) in [7, 11) is 0.0647. The lowest BCUT2D eigenvalue weighted by molar-refractivity contribution is 0.165. The monoisotopic (exact) mass is 324 g/mol. The lowest BCUT2D eigenvalue weighted by atomic mass is 9.93. The van der Waals surface area contributed by atoms with E-state index >= 15 is 0 Å². The van der Waals surface area contributed by atoms with Crippen molar-refractivity contribution < 1.29 is 13.2 Å². The summed E-state index contributed by atoms with van der Waals surface area (Å²) in [6, 6.07) is 5.42. The molecule has 5 nitrogen and oxygen atoms in total. The molecule has 0 unspecified atom stereocenters. The second-order valence-corrected chi connectivity index (χ2v) is 8.30. The zero-order chi connectivity index (χ0) is 15.9. The van der Waals surface area contributed by atoms with Crippen molar-refractivity contribution in [2.75, 3.05) is 33.8 Å². The fraction of sp³-hybridized carbons (Fsp3) is 0.625. The van der Waals surface area contributed by atoms with E-state index < -0.39 is 10.0 Å². The van der Waals surface area contributed by atoms with Crippen molar-refractivity contribution in [3.8, 4) is 5.75 Å². The number of aryl methyl sites for hydroxylation is 1. The summed E-state index contributed by atoms with van der Waals surface area (Å²) in [6.07, 6.45) is 2.05. The summed E-state index contributed by atoms with van der Waals surface area (Å²) in [5, 5.41) is 0. The molecule has 0 aliphatic carbocycles. The highest BCUT2D eigenvalue weighted by atomic mass is 32.2. The average molecular weight is 324 g/mol. The van der Waals surface area contributed by atoms with Crippen LogP contribution in [0.4, 0.5) is 0 Å². The lowest BCUT2D eigenvalue weighted by Crippen LogP contribution is -2.48. The van der Waals surface area contributed by atoms with Gasteiger partial charge in [0.05, 0.1) is 7.11 Å². The Hall–Kier alpha value is -1.11. The molecule has 3 rings (SSSR count). The number of nitrogens with zero attached hydrogens (tertiary/aromatic N) is 2. The van der Waals surface area contributed by atoms with Crippen molar-refractivity contribution in [1.82, 2.24) is 9.21 Å². The zero-order valence-electron chi connectivity index (χ0n) is 13.4. The minimum absolute atomic E-state index is 0.0916. The molecular weight excluding hydrogens is 300 g/mol. The van der Waals surface area contributed by atoms with E-state index in [1.165, 1.54) is 7.11 Å². The van der Waals surface area contributed by atoms with Gasteiger partial charge in [-0.2, -0.15) is 4.31 Å². The minimum Gasteiger partial charge on any atom is -0.495 e. The topological polar surface area (TPSA) is 49.9 Å². The van der Waals surface area contributed by atoms with Crippen molar-refractivity contribution in [3.05, 3.63) is 23.8 Å². The quantitative estimate of drug-likeness (QED) is 0.849. The van der Waals surface area contributed by atoms with Crippen LogP contribution in [0.15, 0.2) is 23.1 Å². The van der Waals surface area contributed by atoms with Crippen molar-refractivity contribution in [2.45, 2.75) is 30.7 Å². The molecule has 0 spiro atoms. The van der Waals surface area contributed by atoms with E-state index in [1.807, 2.05) is 13.0 Å². The molecule has 0 saturated carbocycles. The highest BCUT2D eigenvalue weighted by molar-refractivity contribution is 7.89. The Morgan fingerprint density at radius 2 is 1.95 bits per heavy atom. The van der Waals surface area contributed by atoms with Gasteiger partial charge in [0.2, 0.25) is 10.0 Å². The smallest absolute Gasteiger partial charge is 0.247 e. The molecule has 2 heterocycles. The van der Waals surface area contributed by atoms with Gasteiger partial charge in [0.1, 0.15) is 10.6 Å². The number of hydrogen-bond donors (Lipinski definition) is 0. The number of piperidine rings is 1. The highest BCUT2D eigenvalue weighted by Gasteiger charge is 2.44. The van der Waals surface area contributed by atoms with E-state index in [2.05, 4.69) is 11.9 Å². The molecule has 2 aliphatic rings. The summed E-state index contributed by atoms with van der Waals surface area (Å²) in [6.45, 7) is 4.39. The van der Waals surface area contributed by atoms with E-state index in [0.29, 0.717) is 23.1 Å². The molecule has 22 heavy (non-hydrogen) atoms. The van der Waals surface area contributed by atoms with Crippen LogP contribution in [-0.2, 0) is 10.0 Å². The van der Waals surface area contributed by atoms with Crippen molar-refractivity contribution in [1.29, 1.82) is 0 Å². The van der Waals surface area contributed by atoms with Crippen molar-refractivity contribution in [3.63, 3.8) is 0 Å². The first-order valence-electron chi connectivity index (χ1n) is 7.78. The standard InChI is InChI=1S/C16H24N2O3S/c1-12-4-5-15(21-3)16(10-12)22(19,20)18-9-7-13-6-8-17(2)11-14(13)18/h4-5,10,13-14H,6-9,11H2,1-3H3/t13-,14+/m0/s1. The van der Waals surface area contributed by atoms with Crippen LogP contribution in [-0.4, -0.2) is 57.5 Å². The predicted molar refractivity (Wildman–Crippen MR) is 85.6 cm³/mol. The molecule has 0 N–H and O–H groups in total. The predicted octanol–water partition coefficient (Wildman–Crippen LogP) is 1.72. The Morgan fingerprint density at radius 3 is 2.68 bits per heavy atom. The molecular formula is C16H24N2O3S. The van der Waals surface area contributed by atoms with Crippen LogP contribution in [0.5, 0.6) is 5.75 Å². The summed E-state index contributed by atoms with van der Waals surface area (Å²) >= 11 is 0. The van der Waals surface area contributed by atoms with Gasteiger partial charge in [-0.25, -0.2) is 8.42 Å². The minimum atomic E-state index is -3.52. The number of hydrogen-bond acceptors (Lipinski definition) is 4. The molecule has 122 valence electrons. The number of methoxy groups -OCH3 is 1. The zero-order valence-corrected chi connectivity index (χ0v) is 14.3. The van der Waals surface area contributed by atoms with E-state index in [-0.39, 0.29) is 6.04 Å². The largest absolute Gasteiger partial charge is 0.495 e. The van der Waals surface area contributed by atoms with Gasteiger partial charge in [0.15, 0.2) is 0 Å². The summed E-state index contributed by atoms with van der Waals surface area (Å²) < 4.78 is 33.3. The van der Waals surface area contributed by atoms with Crippen LogP contribution < -0.4 is 4.74 Å². The Balaban J connectivity index is 1.98. The van der Waals surface area contributed by atoms with Gasteiger partial charge in [-0.05, 0) is 57.0 Å². The summed E-state index contributed by atoms with van der Waals surface area (Å²) in [4.78, 5) is 2.52. The molecule has 0 bridgehead atoms. The molecule has 0 radical (unpaired) electrons. The van der Waals surface area contributed by atoms with Gasteiger partial charge >= 0.3 is 0 Å². The third-order valence-electron chi connectivity index (χ3n) is 4.92. The Bertz CT molecular complexity index is 659. The second kappa shape index (κ2) is 5.83. The molecule has 6 heteroatoms. The Morgan fingerprint density at radius 1 is 1.23 bits per heavy atom. The number of sulfonamides is 1. The van der Waals surface area contributed by atoms with Crippen LogP contribution in [0.1, 0.15) is 18.4 Å². The van der Waals surface area contributed by atoms with Gasteiger partial charge in [-0.15, -0.1) is 0 Å². The molecule has 2 aliphatic heterocycles. The fourth-order valence-electron chi connectivity index (χ4n) is 3.67. The van der Waals surface area contributed by atoms with E-state index in [1.54, 1.807) is 16.4 Å². The Labute approximate surface area is 132 Å². The number of rotatable bonds is 3. The molecule has 2 saturated heterocycles. The van der Waals surface area contributed by atoms with Crippen LogP contribution in [0, 0.1) is 12.8 Å². The maximum Gasteiger partial charge on any atom is 0.247 e. The first kappa shape index (κ1) is 15.8. The first-order chi connectivity index (χ1) is 10.4. The second-order valence-electron chi connectivity index (χ2n) is 6.44. The molecule has 0 amide bonds. The number of ether oxygens (including phenoxy) is 1. The fourth-order valence-corrected chi connectivity index (χ4v) is 5.60. The lowest BCUT2D eigenvalue weighted by Gasteiger charge is -2.36. The third kappa shape index (κ3) is 2.64. The van der Waals surface area contributed by atoms with Crippen molar-refractivity contribution >= 4 is 10.0 Å². The highest BCUT2D eigenvalue weighted by Crippen LogP contribution is 2.37. The van der Waals surface area contributed by atoms with E-state index in [9.17, 15) is 8.42 Å². The normalized spacial score (nSPS) is 26.9. The number of likely N-dealkylation sites (tertiary alicyclic amines) is 1. The molecule has 2 atom stereocenters. The molecule has 1 aromatic rings. The first-order valence-corrected chi connectivity index (χ1v) is 9.22. The maximum atomic E-state index is 13.2. The van der Waals surface area contributed by atoms with E-state index in [0.717, 1.165) is 31.5 Å². The number of benzene rings is 1. The number of fused-ring (bicyclic) bond motifs is 1. The molecule has 0 aromatic heterocycles. The molecule has 1 aromatic carbocycles. The third-order valence-corrected chi connectivity index (χ3v) is 6.87. The van der Waals surface area contributed by atoms with Crippen LogP contribution in [0.2, 0.25) is 0 Å².